The highest BCUT2D eigenvalue weighted by Crippen LogP contribution is 2.22. The van der Waals surface area contributed by atoms with Crippen molar-refractivity contribution in [1.82, 2.24) is 19.8 Å². The van der Waals surface area contributed by atoms with Crippen molar-refractivity contribution >= 4 is 17.5 Å². The van der Waals surface area contributed by atoms with E-state index in [2.05, 4.69) is 27.4 Å². The molecule has 1 amide bonds. The average Bonchev–Trinajstić information content (AvgIpc) is 2.69. The van der Waals surface area contributed by atoms with Gasteiger partial charge in [-0.15, -0.1) is 0 Å². The smallest absolute Gasteiger partial charge is 0.246 e. The molecule has 1 aliphatic rings. The number of nitrogens with one attached hydrogen (secondary N) is 1. The molecule has 1 fully saturated rings. The summed E-state index contributed by atoms with van der Waals surface area (Å²) in [7, 11) is 3.99. The number of carbonyl (C=O) groups is 1. The van der Waals surface area contributed by atoms with Crippen molar-refractivity contribution in [2.45, 2.75) is 19.3 Å². The number of amides is 1. The molecule has 6 nitrogen and oxygen atoms in total. The van der Waals surface area contributed by atoms with Gasteiger partial charge in [0.1, 0.15) is 11.6 Å². The highest BCUT2D eigenvalue weighted by atomic mass is 16.2. The largest absolute Gasteiger partial charge is 0.339 e. The van der Waals surface area contributed by atoms with Crippen LogP contribution in [-0.4, -0.2) is 59.4 Å². The van der Waals surface area contributed by atoms with E-state index in [4.69, 9.17) is 0 Å². The maximum absolute atomic E-state index is 12.4. The fourth-order valence-electron chi connectivity index (χ4n) is 3.47. The van der Waals surface area contributed by atoms with Gasteiger partial charge < -0.3 is 15.1 Å². The van der Waals surface area contributed by atoms with Gasteiger partial charge in [0.15, 0.2) is 0 Å². The molecule has 0 spiro atoms. The third kappa shape index (κ3) is 6.16. The van der Waals surface area contributed by atoms with Gasteiger partial charge in [0.05, 0.1) is 0 Å². The first kappa shape index (κ1) is 20.0. The van der Waals surface area contributed by atoms with E-state index in [1.54, 1.807) is 12.3 Å². The summed E-state index contributed by atoms with van der Waals surface area (Å²) in [5.41, 5.74) is 1.23. The van der Waals surface area contributed by atoms with Crippen molar-refractivity contribution in [2.75, 3.05) is 39.0 Å². The molecule has 3 heterocycles. The van der Waals surface area contributed by atoms with Gasteiger partial charge in [0.25, 0.3) is 0 Å². The summed E-state index contributed by atoms with van der Waals surface area (Å²) in [5.74, 6) is 2.18. The minimum absolute atomic E-state index is 0.124. The van der Waals surface area contributed by atoms with Crippen LogP contribution in [0.4, 0.5) is 11.6 Å². The van der Waals surface area contributed by atoms with E-state index in [0.29, 0.717) is 5.92 Å². The summed E-state index contributed by atoms with van der Waals surface area (Å²) in [6, 6.07) is 9.89. The van der Waals surface area contributed by atoms with E-state index in [0.717, 1.165) is 50.5 Å². The molecule has 1 N–H and O–H groups in total. The SMILES string of the molecule is CN(C)C/C=C/C(=O)N1CCCC(Cc2ccnc(Nc3ccccn3)c2)C1. The predicted octanol–water partition coefficient (Wildman–Crippen LogP) is 3.12. The van der Waals surface area contributed by atoms with Gasteiger partial charge in [-0.2, -0.15) is 0 Å². The minimum atomic E-state index is 0.124. The lowest BCUT2D eigenvalue weighted by Crippen LogP contribution is -2.39. The average molecular weight is 380 g/mol. The Kier molecular flexibility index (Phi) is 7.14. The molecule has 1 atom stereocenters. The zero-order chi connectivity index (χ0) is 19.8. The lowest BCUT2D eigenvalue weighted by molar-refractivity contribution is -0.127. The first-order chi connectivity index (χ1) is 13.6. The normalized spacial score (nSPS) is 17.2. The van der Waals surface area contributed by atoms with Gasteiger partial charge >= 0.3 is 0 Å². The van der Waals surface area contributed by atoms with E-state index < -0.39 is 0 Å². The number of piperidine rings is 1. The number of likely N-dealkylation sites (N-methyl/N-ethyl adjacent to an activating group) is 1. The molecule has 2 aromatic heterocycles. The molecule has 0 radical (unpaired) electrons. The highest BCUT2D eigenvalue weighted by Gasteiger charge is 2.22. The van der Waals surface area contributed by atoms with Gasteiger partial charge in [-0.25, -0.2) is 9.97 Å². The number of nitrogens with zero attached hydrogens (tertiary/aromatic N) is 4. The van der Waals surface area contributed by atoms with Crippen molar-refractivity contribution < 1.29 is 4.79 Å². The Morgan fingerprint density at radius 3 is 2.89 bits per heavy atom. The maximum Gasteiger partial charge on any atom is 0.246 e. The molecular weight excluding hydrogens is 350 g/mol. The van der Waals surface area contributed by atoms with Crippen LogP contribution in [0.3, 0.4) is 0 Å². The van der Waals surface area contributed by atoms with Crippen molar-refractivity contribution in [2.24, 2.45) is 5.92 Å². The standard InChI is InChI=1S/C22H29N5O/c1-26(2)13-6-9-22(28)27-14-5-7-19(17-27)15-18-10-12-24-21(16-18)25-20-8-3-4-11-23-20/h3-4,6,8-12,16,19H,5,7,13-15,17H2,1-2H3,(H,23,24,25)/b9-6+. The summed E-state index contributed by atoms with van der Waals surface area (Å²) >= 11 is 0. The Labute approximate surface area is 167 Å². The first-order valence-electron chi connectivity index (χ1n) is 9.83. The maximum atomic E-state index is 12.4. The van der Waals surface area contributed by atoms with Crippen LogP contribution in [0.1, 0.15) is 18.4 Å². The number of rotatable bonds is 7. The van der Waals surface area contributed by atoms with E-state index in [1.165, 1.54) is 5.56 Å². The number of hydrogen-bond donors (Lipinski definition) is 1. The summed E-state index contributed by atoms with van der Waals surface area (Å²) in [5, 5.41) is 3.24. The topological polar surface area (TPSA) is 61.4 Å². The molecule has 0 aromatic carbocycles. The molecule has 0 saturated carbocycles. The van der Waals surface area contributed by atoms with Crippen LogP contribution in [0.15, 0.2) is 54.9 Å². The Balaban J connectivity index is 1.57. The molecule has 1 saturated heterocycles. The van der Waals surface area contributed by atoms with Gasteiger partial charge in [-0.1, -0.05) is 12.1 Å². The van der Waals surface area contributed by atoms with Crippen molar-refractivity contribution in [3.8, 4) is 0 Å². The van der Waals surface area contributed by atoms with E-state index in [1.807, 2.05) is 54.4 Å². The molecule has 28 heavy (non-hydrogen) atoms. The van der Waals surface area contributed by atoms with Crippen LogP contribution in [0.2, 0.25) is 0 Å². The molecule has 6 heteroatoms. The summed E-state index contributed by atoms with van der Waals surface area (Å²) < 4.78 is 0. The van der Waals surface area contributed by atoms with Crippen LogP contribution in [-0.2, 0) is 11.2 Å². The fourth-order valence-corrected chi connectivity index (χ4v) is 3.47. The number of pyridine rings is 2. The second-order valence-corrected chi connectivity index (χ2v) is 7.55. The lowest BCUT2D eigenvalue weighted by Gasteiger charge is -2.32. The Morgan fingerprint density at radius 1 is 1.25 bits per heavy atom. The second-order valence-electron chi connectivity index (χ2n) is 7.55. The molecule has 3 rings (SSSR count). The molecule has 1 aliphatic heterocycles. The summed E-state index contributed by atoms with van der Waals surface area (Å²) in [6.45, 7) is 2.45. The minimum Gasteiger partial charge on any atom is -0.339 e. The molecular formula is C22H29N5O. The molecule has 2 aromatic rings. The van der Waals surface area contributed by atoms with Gasteiger partial charge in [-0.3, -0.25) is 4.79 Å². The number of hydrogen-bond acceptors (Lipinski definition) is 5. The monoisotopic (exact) mass is 379 g/mol. The molecule has 148 valence electrons. The van der Waals surface area contributed by atoms with E-state index >= 15 is 0 Å². The van der Waals surface area contributed by atoms with Crippen molar-refractivity contribution in [1.29, 1.82) is 0 Å². The van der Waals surface area contributed by atoms with Gasteiger partial charge in [0.2, 0.25) is 5.91 Å². The third-order valence-electron chi connectivity index (χ3n) is 4.83. The van der Waals surface area contributed by atoms with Crippen LogP contribution >= 0.6 is 0 Å². The highest BCUT2D eigenvalue weighted by molar-refractivity contribution is 5.87. The lowest BCUT2D eigenvalue weighted by atomic mass is 9.91. The van der Waals surface area contributed by atoms with Crippen LogP contribution in [0, 0.1) is 5.92 Å². The predicted molar refractivity (Wildman–Crippen MR) is 112 cm³/mol. The summed E-state index contributed by atoms with van der Waals surface area (Å²) in [4.78, 5) is 25.1. The zero-order valence-electron chi connectivity index (χ0n) is 16.7. The quantitative estimate of drug-likeness (QED) is 0.749. The van der Waals surface area contributed by atoms with Crippen LogP contribution in [0.5, 0.6) is 0 Å². The number of likely N-dealkylation sites (tertiary alicyclic amines) is 1. The Hall–Kier alpha value is -2.73. The zero-order valence-corrected chi connectivity index (χ0v) is 16.7. The summed E-state index contributed by atoms with van der Waals surface area (Å²) in [6.07, 6.45) is 10.4. The number of aromatic nitrogens is 2. The number of carbonyl (C=O) groups excluding carboxylic acids is 1. The van der Waals surface area contributed by atoms with E-state index in [9.17, 15) is 4.79 Å². The Morgan fingerprint density at radius 2 is 2.11 bits per heavy atom. The fraction of sp³-hybridized carbons (Fsp3) is 0.409. The van der Waals surface area contributed by atoms with Gasteiger partial charge in [0, 0.05) is 38.1 Å². The first-order valence-corrected chi connectivity index (χ1v) is 9.83. The van der Waals surface area contributed by atoms with Gasteiger partial charge in [-0.05, 0) is 69.1 Å². The van der Waals surface area contributed by atoms with Crippen LogP contribution in [0.25, 0.3) is 0 Å². The molecule has 0 bridgehead atoms. The Bertz CT molecular complexity index is 791. The molecule has 1 unspecified atom stereocenters. The second kappa shape index (κ2) is 9.99. The van der Waals surface area contributed by atoms with E-state index in [-0.39, 0.29) is 5.91 Å². The van der Waals surface area contributed by atoms with Crippen molar-refractivity contribution in [3.05, 3.63) is 60.4 Å². The van der Waals surface area contributed by atoms with Crippen LogP contribution < -0.4 is 5.32 Å². The third-order valence-corrected chi connectivity index (χ3v) is 4.83. The van der Waals surface area contributed by atoms with Crippen molar-refractivity contribution in [3.63, 3.8) is 0 Å². The molecule has 0 aliphatic carbocycles. The number of anilines is 2.